The number of halogens is 1. The largest absolute Gasteiger partial charge is 0.270 e. The molecule has 0 amide bonds. The summed E-state index contributed by atoms with van der Waals surface area (Å²) >= 11 is 5.12. The van der Waals surface area contributed by atoms with E-state index in [-0.39, 0.29) is 0 Å². The highest BCUT2D eigenvalue weighted by Gasteiger charge is 2.11. The van der Waals surface area contributed by atoms with Crippen molar-refractivity contribution in [2.24, 2.45) is 7.05 Å². The number of H-pyrrole nitrogens is 1. The molecule has 0 aliphatic rings. The molecule has 7 heteroatoms. The fraction of sp³-hybridized carbons (Fsp3) is 0.375. The Labute approximate surface area is 99.8 Å². The average molecular weight is 288 g/mol. The molecule has 15 heavy (non-hydrogen) atoms. The number of thioether (sulfide) groups is 1. The van der Waals surface area contributed by atoms with Crippen molar-refractivity contribution in [3.63, 3.8) is 0 Å². The minimum absolute atomic E-state index is 0.813. The molecule has 0 aliphatic heterocycles. The lowest BCUT2D eigenvalue weighted by Crippen LogP contribution is -1.96. The van der Waals surface area contributed by atoms with Gasteiger partial charge in [-0.25, -0.2) is 4.98 Å². The third-order valence-corrected chi connectivity index (χ3v) is 3.92. The number of aryl methyl sites for hydroxylation is 2. The molecule has 1 N–H and O–H groups in total. The van der Waals surface area contributed by atoms with Gasteiger partial charge in [-0.2, -0.15) is 10.2 Å². The molecule has 0 atom stereocenters. The zero-order valence-electron chi connectivity index (χ0n) is 8.36. The summed E-state index contributed by atoms with van der Waals surface area (Å²) in [6.07, 6.45) is 1.51. The molecule has 2 aromatic rings. The lowest BCUT2D eigenvalue weighted by Gasteiger charge is -2.00. The Balaban J connectivity index is 2.11. The van der Waals surface area contributed by atoms with E-state index in [1.807, 2.05) is 18.7 Å². The van der Waals surface area contributed by atoms with E-state index in [1.165, 1.54) is 6.33 Å². The molecule has 0 spiro atoms. The first-order valence-electron chi connectivity index (χ1n) is 4.34. The number of nitrogens with one attached hydrogen (secondary N) is 1. The topological polar surface area (TPSA) is 59.4 Å². The third kappa shape index (κ3) is 2.23. The van der Waals surface area contributed by atoms with Crippen molar-refractivity contribution in [2.75, 3.05) is 0 Å². The summed E-state index contributed by atoms with van der Waals surface area (Å²) in [5.74, 6) is 0.813. The van der Waals surface area contributed by atoms with E-state index >= 15 is 0 Å². The minimum Gasteiger partial charge on any atom is -0.270 e. The first-order valence-corrected chi connectivity index (χ1v) is 6.12. The smallest absolute Gasteiger partial charge is 0.183 e. The fourth-order valence-electron chi connectivity index (χ4n) is 1.24. The molecule has 0 aliphatic carbocycles. The number of rotatable bonds is 3. The van der Waals surface area contributed by atoms with Crippen LogP contribution in [0.1, 0.15) is 11.4 Å². The Morgan fingerprint density at radius 3 is 2.93 bits per heavy atom. The van der Waals surface area contributed by atoms with Crippen molar-refractivity contribution in [1.29, 1.82) is 0 Å². The Hall–Kier alpha value is -0.820. The summed E-state index contributed by atoms with van der Waals surface area (Å²) in [5.41, 5.74) is 2.15. The summed E-state index contributed by atoms with van der Waals surface area (Å²) in [4.78, 5) is 4.05. The highest BCUT2D eigenvalue weighted by Crippen LogP contribution is 2.26. The Kier molecular flexibility index (Phi) is 3.11. The van der Waals surface area contributed by atoms with Crippen LogP contribution in [0.2, 0.25) is 0 Å². The Morgan fingerprint density at radius 1 is 1.60 bits per heavy atom. The molecule has 0 unspecified atom stereocenters. The van der Waals surface area contributed by atoms with Crippen LogP contribution in [0.5, 0.6) is 0 Å². The van der Waals surface area contributed by atoms with Gasteiger partial charge in [-0.3, -0.25) is 9.78 Å². The lowest BCUT2D eigenvalue weighted by molar-refractivity contribution is 0.727. The molecule has 0 fully saturated rings. The molecule has 0 aromatic carbocycles. The lowest BCUT2D eigenvalue weighted by atomic mass is 10.4. The van der Waals surface area contributed by atoms with E-state index in [2.05, 4.69) is 36.2 Å². The van der Waals surface area contributed by atoms with E-state index in [4.69, 9.17) is 0 Å². The van der Waals surface area contributed by atoms with E-state index in [9.17, 15) is 0 Å². The standard InChI is InChI=1S/C8H10BrN5S/c1-5-7(9)6(14(2)13-5)3-15-8-10-4-11-12-8/h4H,3H2,1-2H3,(H,10,11,12). The number of hydrogen-bond donors (Lipinski definition) is 1. The first-order chi connectivity index (χ1) is 7.18. The molecule has 0 saturated heterocycles. The fourth-order valence-corrected chi connectivity index (χ4v) is 2.74. The zero-order valence-corrected chi connectivity index (χ0v) is 10.8. The maximum absolute atomic E-state index is 4.32. The second-order valence-corrected chi connectivity index (χ2v) is 4.81. The zero-order chi connectivity index (χ0) is 10.8. The van der Waals surface area contributed by atoms with E-state index in [1.54, 1.807) is 11.8 Å². The van der Waals surface area contributed by atoms with Crippen molar-refractivity contribution in [3.8, 4) is 0 Å². The number of hydrogen-bond acceptors (Lipinski definition) is 4. The van der Waals surface area contributed by atoms with Crippen LogP contribution in [0.4, 0.5) is 0 Å². The second-order valence-electron chi connectivity index (χ2n) is 3.05. The van der Waals surface area contributed by atoms with Crippen LogP contribution in [0.3, 0.4) is 0 Å². The van der Waals surface area contributed by atoms with Crippen LogP contribution in [0.25, 0.3) is 0 Å². The SMILES string of the molecule is Cc1nn(C)c(CSc2ncn[nH]2)c1Br. The number of nitrogens with zero attached hydrogens (tertiary/aromatic N) is 4. The van der Waals surface area contributed by atoms with Gasteiger partial charge in [0.1, 0.15) is 6.33 Å². The van der Waals surface area contributed by atoms with Crippen LogP contribution in [-0.2, 0) is 12.8 Å². The van der Waals surface area contributed by atoms with Gasteiger partial charge in [0, 0.05) is 12.8 Å². The van der Waals surface area contributed by atoms with Gasteiger partial charge in [-0.1, -0.05) is 11.8 Å². The normalized spacial score (nSPS) is 10.9. The van der Waals surface area contributed by atoms with Crippen molar-refractivity contribution in [1.82, 2.24) is 25.0 Å². The monoisotopic (exact) mass is 287 g/mol. The summed E-state index contributed by atoms with van der Waals surface area (Å²) in [7, 11) is 1.94. The van der Waals surface area contributed by atoms with E-state index in [0.29, 0.717) is 0 Å². The molecular weight excluding hydrogens is 278 g/mol. The van der Waals surface area contributed by atoms with Gasteiger partial charge in [0.05, 0.1) is 15.9 Å². The molecule has 2 aromatic heterocycles. The second kappa shape index (κ2) is 4.36. The van der Waals surface area contributed by atoms with Gasteiger partial charge in [-0.05, 0) is 22.9 Å². The number of aromatic nitrogens is 5. The van der Waals surface area contributed by atoms with Crippen molar-refractivity contribution < 1.29 is 0 Å². The molecule has 2 rings (SSSR count). The van der Waals surface area contributed by atoms with Crippen molar-refractivity contribution in [2.45, 2.75) is 17.8 Å². The molecule has 2 heterocycles. The van der Waals surface area contributed by atoms with Gasteiger partial charge in [0.2, 0.25) is 0 Å². The van der Waals surface area contributed by atoms with Crippen LogP contribution in [-0.4, -0.2) is 25.0 Å². The van der Waals surface area contributed by atoms with Gasteiger partial charge >= 0.3 is 0 Å². The minimum atomic E-state index is 0.813. The van der Waals surface area contributed by atoms with Gasteiger partial charge in [0.25, 0.3) is 0 Å². The Morgan fingerprint density at radius 2 is 2.40 bits per heavy atom. The molecule has 0 bridgehead atoms. The summed E-state index contributed by atoms with van der Waals surface area (Å²) in [6.45, 7) is 1.98. The third-order valence-electron chi connectivity index (χ3n) is 2.00. The average Bonchev–Trinajstić information content (AvgIpc) is 2.76. The van der Waals surface area contributed by atoms with Gasteiger partial charge in [-0.15, -0.1) is 0 Å². The summed E-state index contributed by atoms with van der Waals surface area (Å²) < 4.78 is 2.94. The molecular formula is C8H10BrN5S. The summed E-state index contributed by atoms with van der Waals surface area (Å²) in [6, 6.07) is 0. The van der Waals surface area contributed by atoms with Crippen LogP contribution < -0.4 is 0 Å². The highest BCUT2D eigenvalue weighted by molar-refractivity contribution is 9.10. The highest BCUT2D eigenvalue weighted by atomic mass is 79.9. The van der Waals surface area contributed by atoms with Crippen molar-refractivity contribution >= 4 is 27.7 Å². The predicted molar refractivity (Wildman–Crippen MR) is 61.6 cm³/mol. The van der Waals surface area contributed by atoms with E-state index in [0.717, 1.165) is 26.8 Å². The predicted octanol–water partition coefficient (Wildman–Crippen LogP) is 1.90. The van der Waals surface area contributed by atoms with Gasteiger partial charge < -0.3 is 0 Å². The van der Waals surface area contributed by atoms with E-state index < -0.39 is 0 Å². The summed E-state index contributed by atoms with van der Waals surface area (Å²) in [5, 5.41) is 11.7. The quantitative estimate of drug-likeness (QED) is 0.876. The number of aromatic amines is 1. The first kappa shape index (κ1) is 10.7. The molecule has 0 radical (unpaired) electrons. The molecule has 0 saturated carbocycles. The van der Waals surface area contributed by atoms with Crippen LogP contribution >= 0.6 is 27.7 Å². The van der Waals surface area contributed by atoms with Crippen LogP contribution in [0, 0.1) is 6.92 Å². The van der Waals surface area contributed by atoms with Crippen molar-refractivity contribution in [3.05, 3.63) is 22.2 Å². The van der Waals surface area contributed by atoms with Gasteiger partial charge in [0.15, 0.2) is 5.16 Å². The van der Waals surface area contributed by atoms with Crippen LogP contribution in [0.15, 0.2) is 16.0 Å². The molecule has 5 nitrogen and oxygen atoms in total. The maximum atomic E-state index is 4.32. The maximum Gasteiger partial charge on any atom is 0.183 e. The Bertz CT molecular complexity index is 450. The molecule has 80 valence electrons.